The largest absolute Gasteiger partial charge is 0.479 e. The van der Waals surface area contributed by atoms with E-state index in [4.69, 9.17) is 17.1 Å². The van der Waals surface area contributed by atoms with Crippen LogP contribution >= 0.6 is 0 Å². The summed E-state index contributed by atoms with van der Waals surface area (Å²) in [7, 11) is 0. The standard InChI is InChI=1S/C6H10O3/c1-2-3-4-5(7)6(8)9/h1,5,7H,2-4H2,(H,8,9). The van der Waals surface area contributed by atoms with Crippen LogP contribution in [0.15, 0.2) is 0 Å². The zero-order chi connectivity index (χ0) is 7.28. The van der Waals surface area contributed by atoms with E-state index in [0.29, 0.717) is 12.8 Å². The number of rotatable bonds is 4. The zero-order valence-corrected chi connectivity index (χ0v) is 5.08. The maximum Gasteiger partial charge on any atom is 0.332 e. The first-order valence-electron chi connectivity index (χ1n) is 2.79. The van der Waals surface area contributed by atoms with E-state index < -0.39 is 12.1 Å². The van der Waals surface area contributed by atoms with Crippen molar-refractivity contribution in [3.05, 3.63) is 6.92 Å². The van der Waals surface area contributed by atoms with Crippen molar-refractivity contribution in [2.24, 2.45) is 0 Å². The van der Waals surface area contributed by atoms with Crippen molar-refractivity contribution in [3.8, 4) is 0 Å². The van der Waals surface area contributed by atoms with Gasteiger partial charge in [0.05, 0.1) is 0 Å². The summed E-state index contributed by atoms with van der Waals surface area (Å²) in [6.45, 7) is 5.07. The maximum absolute atomic E-state index is 9.91. The average molecular weight is 130 g/mol. The molecule has 0 spiro atoms. The van der Waals surface area contributed by atoms with Gasteiger partial charge in [0.15, 0.2) is 6.10 Å². The minimum absolute atomic E-state index is 0.242. The Morgan fingerprint density at radius 2 is 2.22 bits per heavy atom. The van der Waals surface area contributed by atoms with Gasteiger partial charge in [-0.15, -0.1) is 0 Å². The molecule has 1 atom stereocenters. The van der Waals surface area contributed by atoms with Crippen LogP contribution in [0.2, 0.25) is 0 Å². The maximum atomic E-state index is 9.91. The predicted octanol–water partition coefficient (Wildman–Crippen LogP) is 0.313. The summed E-state index contributed by atoms with van der Waals surface area (Å²) in [6, 6.07) is 0. The molecule has 52 valence electrons. The fraction of sp³-hybridized carbons (Fsp3) is 0.667. The molecule has 0 aromatic rings. The number of aliphatic hydroxyl groups is 1. The van der Waals surface area contributed by atoms with Crippen LogP contribution in [0.5, 0.6) is 0 Å². The Bertz CT molecular complexity index is 90.3. The summed E-state index contributed by atoms with van der Waals surface area (Å²) in [6.07, 6.45) is -0.0301. The minimum atomic E-state index is -1.24. The molecule has 0 amide bonds. The fourth-order valence-corrected chi connectivity index (χ4v) is 0.435. The van der Waals surface area contributed by atoms with E-state index in [9.17, 15) is 4.79 Å². The highest BCUT2D eigenvalue weighted by Gasteiger charge is 2.10. The van der Waals surface area contributed by atoms with Crippen LogP contribution in [0.1, 0.15) is 19.3 Å². The van der Waals surface area contributed by atoms with Crippen LogP contribution in [-0.4, -0.2) is 22.3 Å². The molecule has 9 heavy (non-hydrogen) atoms. The molecule has 3 nitrogen and oxygen atoms in total. The van der Waals surface area contributed by atoms with Crippen LogP contribution in [-0.2, 0) is 4.79 Å². The molecule has 2 N–H and O–H groups in total. The fourth-order valence-electron chi connectivity index (χ4n) is 0.435. The summed E-state index contributed by atoms with van der Waals surface area (Å²) in [5, 5.41) is 16.7. The molecule has 0 rings (SSSR count). The molecule has 0 fully saturated rings. The molecule has 0 bridgehead atoms. The van der Waals surface area contributed by atoms with Gasteiger partial charge in [-0.25, -0.2) is 4.79 Å². The number of carboxylic acid groups (broad SMARTS) is 1. The van der Waals surface area contributed by atoms with Gasteiger partial charge < -0.3 is 10.2 Å². The van der Waals surface area contributed by atoms with Gasteiger partial charge in [0.1, 0.15) is 0 Å². The van der Waals surface area contributed by atoms with Gasteiger partial charge in [-0.3, -0.25) is 0 Å². The first kappa shape index (κ1) is 8.43. The summed E-state index contributed by atoms with van der Waals surface area (Å²) < 4.78 is 0. The topological polar surface area (TPSA) is 57.5 Å². The van der Waals surface area contributed by atoms with Crippen molar-refractivity contribution >= 4 is 5.97 Å². The molecule has 0 aliphatic carbocycles. The van der Waals surface area contributed by atoms with E-state index in [2.05, 4.69) is 0 Å². The van der Waals surface area contributed by atoms with E-state index in [1.54, 1.807) is 0 Å². The number of aliphatic hydroxyl groups excluding tert-OH is 1. The molecular weight excluding hydrogens is 120 g/mol. The summed E-state index contributed by atoms with van der Waals surface area (Å²) in [5.74, 6) is -1.18. The van der Waals surface area contributed by atoms with E-state index in [0.717, 1.165) is 0 Å². The van der Waals surface area contributed by atoms with Crippen molar-refractivity contribution in [1.29, 1.82) is 0 Å². The van der Waals surface area contributed by atoms with Gasteiger partial charge in [0.25, 0.3) is 0 Å². The first-order chi connectivity index (χ1) is 4.18. The van der Waals surface area contributed by atoms with Gasteiger partial charge in [0, 0.05) is 0 Å². The Hall–Kier alpha value is -0.570. The third-order valence-corrected chi connectivity index (χ3v) is 0.967. The normalized spacial score (nSPS) is 13.1. The van der Waals surface area contributed by atoms with Gasteiger partial charge >= 0.3 is 5.97 Å². The van der Waals surface area contributed by atoms with E-state index in [1.807, 2.05) is 0 Å². The monoisotopic (exact) mass is 130 g/mol. The van der Waals surface area contributed by atoms with Gasteiger partial charge in [0.2, 0.25) is 0 Å². The van der Waals surface area contributed by atoms with Crippen molar-refractivity contribution in [2.75, 3.05) is 0 Å². The molecule has 0 aromatic heterocycles. The molecule has 0 aromatic carbocycles. The second-order valence-corrected chi connectivity index (χ2v) is 1.78. The SMILES string of the molecule is [CH]CCCC(O)C(=O)O. The molecular formula is C6H10O3. The Morgan fingerprint density at radius 3 is 2.56 bits per heavy atom. The lowest BCUT2D eigenvalue weighted by atomic mass is 10.2. The molecule has 3 heteroatoms. The number of aliphatic carboxylic acids is 1. The van der Waals surface area contributed by atoms with E-state index >= 15 is 0 Å². The van der Waals surface area contributed by atoms with E-state index in [-0.39, 0.29) is 6.42 Å². The second kappa shape index (κ2) is 4.32. The number of hydrogen-bond donors (Lipinski definition) is 2. The van der Waals surface area contributed by atoms with Crippen LogP contribution < -0.4 is 0 Å². The molecule has 0 saturated heterocycles. The number of hydrogen-bond acceptors (Lipinski definition) is 2. The summed E-state index contributed by atoms with van der Waals surface area (Å²) >= 11 is 0. The second-order valence-electron chi connectivity index (χ2n) is 1.78. The summed E-state index contributed by atoms with van der Waals surface area (Å²) in [4.78, 5) is 9.91. The molecule has 2 radical (unpaired) electrons. The van der Waals surface area contributed by atoms with Crippen molar-refractivity contribution in [3.63, 3.8) is 0 Å². The average Bonchev–Trinajstić information content (AvgIpc) is 1.82. The smallest absolute Gasteiger partial charge is 0.332 e. The predicted molar refractivity (Wildman–Crippen MR) is 31.8 cm³/mol. The third-order valence-electron chi connectivity index (χ3n) is 0.967. The van der Waals surface area contributed by atoms with Crippen LogP contribution in [0.3, 0.4) is 0 Å². The molecule has 0 aliphatic rings. The minimum Gasteiger partial charge on any atom is -0.479 e. The van der Waals surface area contributed by atoms with Crippen LogP contribution in [0, 0.1) is 6.92 Å². The Morgan fingerprint density at radius 1 is 1.67 bits per heavy atom. The molecule has 1 unspecified atom stereocenters. The van der Waals surface area contributed by atoms with E-state index in [1.165, 1.54) is 0 Å². The highest BCUT2D eigenvalue weighted by molar-refractivity contribution is 5.71. The highest BCUT2D eigenvalue weighted by atomic mass is 16.4. The summed E-state index contributed by atoms with van der Waals surface area (Å²) in [5.41, 5.74) is 0. The first-order valence-corrected chi connectivity index (χ1v) is 2.79. The van der Waals surface area contributed by atoms with Gasteiger partial charge in [-0.1, -0.05) is 0 Å². The number of carboxylic acids is 1. The Labute approximate surface area is 54.3 Å². The van der Waals surface area contributed by atoms with Crippen molar-refractivity contribution < 1.29 is 15.0 Å². The Kier molecular flexibility index (Phi) is 4.05. The van der Waals surface area contributed by atoms with Gasteiger partial charge in [-0.05, 0) is 26.2 Å². The molecule has 0 saturated carbocycles. The van der Waals surface area contributed by atoms with Gasteiger partial charge in [-0.2, -0.15) is 0 Å². The number of carbonyl (C=O) groups is 1. The van der Waals surface area contributed by atoms with Crippen LogP contribution in [0.25, 0.3) is 0 Å². The lowest BCUT2D eigenvalue weighted by Gasteiger charge is -2.01. The quantitative estimate of drug-likeness (QED) is 0.576. The van der Waals surface area contributed by atoms with Crippen molar-refractivity contribution in [1.82, 2.24) is 0 Å². The Balaban J connectivity index is 3.27. The third kappa shape index (κ3) is 3.97. The number of unbranched alkanes of at least 4 members (excludes halogenated alkanes) is 1. The highest BCUT2D eigenvalue weighted by Crippen LogP contribution is 1.98. The van der Waals surface area contributed by atoms with Crippen molar-refractivity contribution in [2.45, 2.75) is 25.4 Å². The molecule has 0 aliphatic heterocycles. The lowest BCUT2D eigenvalue weighted by Crippen LogP contribution is -2.18. The lowest BCUT2D eigenvalue weighted by molar-refractivity contribution is -0.146. The molecule has 0 heterocycles. The zero-order valence-electron chi connectivity index (χ0n) is 5.08. The van der Waals surface area contributed by atoms with Crippen LogP contribution in [0.4, 0.5) is 0 Å².